The maximum Gasteiger partial charge on any atom is 0.303 e. The number of para-hydroxylation sites is 1. The van der Waals surface area contributed by atoms with Crippen LogP contribution in [0.4, 0.5) is 5.69 Å². The standard InChI is InChI=1S/C15H21NO2/c1-11(2)13-9-16(10-13)14-6-4-3-5-12(14)7-8-15(17)18/h3-6,11,13H,7-10H2,1-2H3,(H,17,18). The van der Waals surface area contributed by atoms with E-state index in [2.05, 4.69) is 24.8 Å². The molecule has 0 radical (unpaired) electrons. The number of anilines is 1. The van der Waals surface area contributed by atoms with Gasteiger partial charge in [-0.15, -0.1) is 0 Å². The lowest BCUT2D eigenvalue weighted by atomic mass is 9.87. The Balaban J connectivity index is 2.02. The minimum absolute atomic E-state index is 0.207. The Morgan fingerprint density at radius 3 is 2.67 bits per heavy atom. The van der Waals surface area contributed by atoms with Gasteiger partial charge in [-0.1, -0.05) is 32.0 Å². The third-order valence-corrected chi connectivity index (χ3v) is 3.79. The first kappa shape index (κ1) is 12.9. The fourth-order valence-corrected chi connectivity index (χ4v) is 2.40. The van der Waals surface area contributed by atoms with E-state index >= 15 is 0 Å². The van der Waals surface area contributed by atoms with Crippen LogP contribution in [-0.4, -0.2) is 24.2 Å². The van der Waals surface area contributed by atoms with Crippen LogP contribution >= 0.6 is 0 Å². The molecule has 0 atom stereocenters. The summed E-state index contributed by atoms with van der Waals surface area (Å²) in [6.45, 7) is 6.72. The van der Waals surface area contributed by atoms with Crippen LogP contribution < -0.4 is 4.90 Å². The molecule has 18 heavy (non-hydrogen) atoms. The first-order valence-corrected chi connectivity index (χ1v) is 6.62. The molecule has 0 spiro atoms. The van der Waals surface area contributed by atoms with Crippen molar-refractivity contribution < 1.29 is 9.90 Å². The largest absolute Gasteiger partial charge is 0.481 e. The summed E-state index contributed by atoms with van der Waals surface area (Å²) < 4.78 is 0. The first-order chi connectivity index (χ1) is 8.58. The second kappa shape index (κ2) is 5.42. The van der Waals surface area contributed by atoms with Gasteiger partial charge in [0.2, 0.25) is 0 Å². The minimum atomic E-state index is -0.728. The maximum absolute atomic E-state index is 10.7. The summed E-state index contributed by atoms with van der Waals surface area (Å²) in [6, 6.07) is 8.16. The molecule has 0 bridgehead atoms. The Bertz CT molecular complexity index is 422. The highest BCUT2D eigenvalue weighted by Crippen LogP contribution is 2.31. The molecule has 0 amide bonds. The summed E-state index contributed by atoms with van der Waals surface area (Å²) in [4.78, 5) is 13.0. The fourth-order valence-electron chi connectivity index (χ4n) is 2.40. The van der Waals surface area contributed by atoms with Gasteiger partial charge in [-0.3, -0.25) is 4.79 Å². The van der Waals surface area contributed by atoms with Crippen molar-refractivity contribution in [2.24, 2.45) is 11.8 Å². The summed E-state index contributed by atoms with van der Waals surface area (Å²) in [7, 11) is 0. The average Bonchev–Trinajstić information content (AvgIpc) is 2.25. The predicted molar refractivity (Wildman–Crippen MR) is 72.9 cm³/mol. The van der Waals surface area contributed by atoms with Gasteiger partial charge < -0.3 is 10.0 Å². The van der Waals surface area contributed by atoms with Crippen LogP contribution in [0.3, 0.4) is 0 Å². The van der Waals surface area contributed by atoms with Crippen molar-refractivity contribution in [3.05, 3.63) is 29.8 Å². The number of rotatable bonds is 5. The summed E-state index contributed by atoms with van der Waals surface area (Å²) >= 11 is 0. The van der Waals surface area contributed by atoms with E-state index in [0.29, 0.717) is 6.42 Å². The van der Waals surface area contributed by atoms with Crippen LogP contribution in [0.15, 0.2) is 24.3 Å². The molecular formula is C15H21NO2. The molecule has 1 fully saturated rings. The molecule has 1 aromatic carbocycles. The van der Waals surface area contributed by atoms with Gasteiger partial charge in [-0.05, 0) is 29.9 Å². The third-order valence-electron chi connectivity index (χ3n) is 3.79. The number of carboxylic acid groups (broad SMARTS) is 1. The summed E-state index contributed by atoms with van der Waals surface area (Å²) in [5.74, 6) is 0.776. The van der Waals surface area contributed by atoms with Crippen molar-refractivity contribution in [2.75, 3.05) is 18.0 Å². The lowest BCUT2D eigenvalue weighted by Crippen LogP contribution is -2.49. The Labute approximate surface area is 108 Å². The van der Waals surface area contributed by atoms with Gasteiger partial charge in [0.05, 0.1) is 0 Å². The number of carboxylic acids is 1. The van der Waals surface area contributed by atoms with Crippen LogP contribution in [-0.2, 0) is 11.2 Å². The van der Waals surface area contributed by atoms with E-state index in [0.717, 1.165) is 30.5 Å². The highest BCUT2D eigenvalue weighted by atomic mass is 16.4. The van der Waals surface area contributed by atoms with Gasteiger partial charge in [-0.2, -0.15) is 0 Å². The highest BCUT2D eigenvalue weighted by Gasteiger charge is 2.30. The zero-order valence-corrected chi connectivity index (χ0v) is 11.1. The average molecular weight is 247 g/mol. The Morgan fingerprint density at radius 2 is 2.06 bits per heavy atom. The van der Waals surface area contributed by atoms with Crippen molar-refractivity contribution >= 4 is 11.7 Å². The van der Waals surface area contributed by atoms with Gasteiger partial charge in [0, 0.05) is 25.2 Å². The first-order valence-electron chi connectivity index (χ1n) is 6.62. The second-order valence-electron chi connectivity index (χ2n) is 5.43. The molecule has 3 nitrogen and oxygen atoms in total. The van der Waals surface area contributed by atoms with Crippen LogP contribution in [0.2, 0.25) is 0 Å². The molecular weight excluding hydrogens is 226 g/mol. The zero-order chi connectivity index (χ0) is 13.1. The van der Waals surface area contributed by atoms with E-state index in [9.17, 15) is 4.79 Å². The molecule has 1 N–H and O–H groups in total. The number of hydrogen-bond donors (Lipinski definition) is 1. The van der Waals surface area contributed by atoms with E-state index in [4.69, 9.17) is 5.11 Å². The molecule has 1 aliphatic rings. The van der Waals surface area contributed by atoms with Gasteiger partial charge in [0.25, 0.3) is 0 Å². The number of carbonyl (C=O) groups is 1. The zero-order valence-electron chi connectivity index (χ0n) is 11.1. The molecule has 3 heteroatoms. The van der Waals surface area contributed by atoms with Crippen LogP contribution in [0, 0.1) is 11.8 Å². The summed E-state index contributed by atoms with van der Waals surface area (Å²) in [5.41, 5.74) is 2.37. The predicted octanol–water partition coefficient (Wildman–Crippen LogP) is 2.80. The van der Waals surface area contributed by atoms with E-state index in [1.807, 2.05) is 18.2 Å². The Morgan fingerprint density at radius 1 is 1.39 bits per heavy atom. The molecule has 1 heterocycles. The molecule has 1 aromatic rings. The van der Waals surface area contributed by atoms with Crippen molar-refractivity contribution in [3.8, 4) is 0 Å². The van der Waals surface area contributed by atoms with Gasteiger partial charge >= 0.3 is 5.97 Å². The van der Waals surface area contributed by atoms with Crippen molar-refractivity contribution in [1.82, 2.24) is 0 Å². The van der Waals surface area contributed by atoms with Crippen LogP contribution in [0.25, 0.3) is 0 Å². The Kier molecular flexibility index (Phi) is 3.90. The fraction of sp³-hybridized carbons (Fsp3) is 0.533. The molecule has 0 aromatic heterocycles. The molecule has 98 valence electrons. The normalized spacial score (nSPS) is 15.8. The molecule has 0 aliphatic carbocycles. The molecule has 1 saturated heterocycles. The highest BCUT2D eigenvalue weighted by molar-refractivity contribution is 5.68. The third kappa shape index (κ3) is 2.84. The van der Waals surface area contributed by atoms with Crippen molar-refractivity contribution in [1.29, 1.82) is 0 Å². The number of aliphatic carboxylic acids is 1. The summed E-state index contributed by atoms with van der Waals surface area (Å²) in [6.07, 6.45) is 0.826. The van der Waals surface area contributed by atoms with Crippen LogP contribution in [0.1, 0.15) is 25.8 Å². The quantitative estimate of drug-likeness (QED) is 0.869. The van der Waals surface area contributed by atoms with E-state index in [1.54, 1.807) is 0 Å². The van der Waals surface area contributed by atoms with E-state index in [-0.39, 0.29) is 6.42 Å². The van der Waals surface area contributed by atoms with Crippen molar-refractivity contribution in [2.45, 2.75) is 26.7 Å². The topological polar surface area (TPSA) is 40.5 Å². The number of hydrogen-bond acceptors (Lipinski definition) is 2. The number of nitrogens with zero attached hydrogens (tertiary/aromatic N) is 1. The van der Waals surface area contributed by atoms with Gasteiger partial charge in [0.15, 0.2) is 0 Å². The van der Waals surface area contributed by atoms with Gasteiger partial charge in [-0.25, -0.2) is 0 Å². The van der Waals surface area contributed by atoms with E-state index < -0.39 is 5.97 Å². The maximum atomic E-state index is 10.7. The minimum Gasteiger partial charge on any atom is -0.481 e. The van der Waals surface area contributed by atoms with E-state index in [1.165, 1.54) is 5.69 Å². The molecule has 0 unspecified atom stereocenters. The lowest BCUT2D eigenvalue weighted by Gasteiger charge is -2.44. The number of aryl methyl sites for hydroxylation is 1. The second-order valence-corrected chi connectivity index (χ2v) is 5.43. The van der Waals surface area contributed by atoms with Gasteiger partial charge in [0.1, 0.15) is 0 Å². The van der Waals surface area contributed by atoms with Crippen molar-refractivity contribution in [3.63, 3.8) is 0 Å². The lowest BCUT2D eigenvalue weighted by molar-refractivity contribution is -0.136. The Hall–Kier alpha value is -1.51. The summed E-state index contributed by atoms with van der Waals surface area (Å²) in [5, 5.41) is 8.78. The van der Waals surface area contributed by atoms with Crippen LogP contribution in [0.5, 0.6) is 0 Å². The monoisotopic (exact) mass is 247 g/mol. The molecule has 1 aliphatic heterocycles. The smallest absolute Gasteiger partial charge is 0.303 e. The SMILES string of the molecule is CC(C)C1CN(c2ccccc2CCC(=O)O)C1. The molecule has 2 rings (SSSR count). The number of benzene rings is 1. The molecule has 0 saturated carbocycles.